The third-order valence-electron chi connectivity index (χ3n) is 2.51. The summed E-state index contributed by atoms with van der Waals surface area (Å²) in [4.78, 5) is 4.24. The summed E-state index contributed by atoms with van der Waals surface area (Å²) in [6, 6.07) is 7.77. The van der Waals surface area contributed by atoms with E-state index in [1.165, 1.54) is 0 Å². The number of hydrogen-bond acceptors (Lipinski definition) is 5. The van der Waals surface area contributed by atoms with Crippen LogP contribution in [0.4, 0.5) is 0 Å². The van der Waals surface area contributed by atoms with Crippen molar-refractivity contribution in [1.82, 2.24) is 20.5 Å². The predicted octanol–water partition coefficient (Wildman–Crippen LogP) is 1.48. The van der Waals surface area contributed by atoms with Crippen LogP contribution in [0.15, 0.2) is 30.5 Å². The van der Waals surface area contributed by atoms with E-state index >= 15 is 0 Å². The Morgan fingerprint density at radius 2 is 2.00 bits per heavy atom. The standard InChI is InChI=1S/C13H16N4O/c1-10-3-4-11(8-15-10)7-14-9-12-5-6-13(18-2)17-16-12/h3-6,8,14H,7,9H2,1-2H3. The van der Waals surface area contributed by atoms with Crippen LogP contribution < -0.4 is 10.1 Å². The number of ether oxygens (including phenoxy) is 1. The van der Waals surface area contributed by atoms with Crippen molar-refractivity contribution in [3.63, 3.8) is 0 Å². The molecule has 0 amide bonds. The van der Waals surface area contributed by atoms with Gasteiger partial charge in [-0.25, -0.2) is 0 Å². The summed E-state index contributed by atoms with van der Waals surface area (Å²) >= 11 is 0. The molecule has 2 heterocycles. The minimum atomic E-state index is 0.529. The molecule has 2 aromatic heterocycles. The molecule has 2 aromatic rings. The summed E-state index contributed by atoms with van der Waals surface area (Å²) in [5.41, 5.74) is 3.07. The van der Waals surface area contributed by atoms with Gasteiger partial charge < -0.3 is 10.1 Å². The van der Waals surface area contributed by atoms with Crippen LogP contribution in [-0.4, -0.2) is 22.3 Å². The molecule has 0 aliphatic rings. The number of aryl methyl sites for hydroxylation is 1. The van der Waals surface area contributed by atoms with E-state index in [2.05, 4.69) is 26.6 Å². The second-order valence-electron chi connectivity index (χ2n) is 3.98. The molecule has 0 aliphatic heterocycles. The van der Waals surface area contributed by atoms with Crippen LogP contribution in [0.25, 0.3) is 0 Å². The Morgan fingerprint density at radius 1 is 1.11 bits per heavy atom. The van der Waals surface area contributed by atoms with Crippen LogP contribution in [-0.2, 0) is 13.1 Å². The topological polar surface area (TPSA) is 59.9 Å². The maximum Gasteiger partial charge on any atom is 0.233 e. The fourth-order valence-corrected chi connectivity index (χ4v) is 1.49. The fourth-order valence-electron chi connectivity index (χ4n) is 1.49. The van der Waals surface area contributed by atoms with Gasteiger partial charge in [0.15, 0.2) is 0 Å². The molecule has 0 aromatic carbocycles. The Balaban J connectivity index is 1.82. The van der Waals surface area contributed by atoms with Crippen LogP contribution >= 0.6 is 0 Å². The van der Waals surface area contributed by atoms with Gasteiger partial charge in [0, 0.05) is 31.0 Å². The Morgan fingerprint density at radius 3 is 2.61 bits per heavy atom. The molecule has 18 heavy (non-hydrogen) atoms. The Labute approximate surface area is 106 Å². The van der Waals surface area contributed by atoms with Crippen molar-refractivity contribution in [1.29, 1.82) is 0 Å². The number of nitrogens with zero attached hydrogens (tertiary/aromatic N) is 3. The molecule has 0 bridgehead atoms. The van der Waals surface area contributed by atoms with E-state index in [0.717, 1.165) is 23.5 Å². The molecule has 0 fully saturated rings. The number of methoxy groups -OCH3 is 1. The molecule has 2 rings (SSSR count). The summed E-state index contributed by atoms with van der Waals surface area (Å²) < 4.78 is 4.95. The van der Waals surface area contributed by atoms with Crippen molar-refractivity contribution in [3.8, 4) is 5.88 Å². The largest absolute Gasteiger partial charge is 0.480 e. The van der Waals surface area contributed by atoms with E-state index in [0.29, 0.717) is 12.4 Å². The lowest BCUT2D eigenvalue weighted by Crippen LogP contribution is -2.14. The quantitative estimate of drug-likeness (QED) is 0.863. The molecule has 0 radical (unpaired) electrons. The van der Waals surface area contributed by atoms with E-state index in [9.17, 15) is 0 Å². The van der Waals surface area contributed by atoms with Gasteiger partial charge in [0.25, 0.3) is 0 Å². The molecule has 0 atom stereocenters. The molecule has 94 valence electrons. The first-order chi connectivity index (χ1) is 8.78. The van der Waals surface area contributed by atoms with Gasteiger partial charge in [0.05, 0.1) is 12.8 Å². The SMILES string of the molecule is COc1ccc(CNCc2ccc(C)nc2)nn1. The van der Waals surface area contributed by atoms with Gasteiger partial charge in [0.1, 0.15) is 0 Å². The van der Waals surface area contributed by atoms with Gasteiger partial charge in [-0.3, -0.25) is 4.98 Å². The van der Waals surface area contributed by atoms with Gasteiger partial charge in [-0.2, -0.15) is 5.10 Å². The Kier molecular flexibility index (Phi) is 4.20. The van der Waals surface area contributed by atoms with Crippen LogP contribution in [0.2, 0.25) is 0 Å². The highest BCUT2D eigenvalue weighted by atomic mass is 16.5. The summed E-state index contributed by atoms with van der Waals surface area (Å²) in [5, 5.41) is 11.2. The van der Waals surface area contributed by atoms with Gasteiger partial charge in [0.2, 0.25) is 5.88 Å². The second kappa shape index (κ2) is 6.07. The van der Waals surface area contributed by atoms with Crippen molar-refractivity contribution in [3.05, 3.63) is 47.4 Å². The number of aromatic nitrogens is 3. The van der Waals surface area contributed by atoms with Crippen molar-refractivity contribution >= 4 is 0 Å². The highest BCUT2D eigenvalue weighted by Crippen LogP contribution is 2.04. The highest BCUT2D eigenvalue weighted by molar-refractivity contribution is 5.14. The second-order valence-corrected chi connectivity index (χ2v) is 3.98. The van der Waals surface area contributed by atoms with Gasteiger partial charge in [-0.1, -0.05) is 6.07 Å². The molecule has 0 aliphatic carbocycles. The zero-order valence-electron chi connectivity index (χ0n) is 10.6. The summed E-state index contributed by atoms with van der Waals surface area (Å²) in [7, 11) is 1.58. The van der Waals surface area contributed by atoms with E-state index in [1.807, 2.05) is 25.3 Å². The summed E-state index contributed by atoms with van der Waals surface area (Å²) in [5.74, 6) is 0.529. The zero-order valence-corrected chi connectivity index (χ0v) is 10.6. The zero-order chi connectivity index (χ0) is 12.8. The molecule has 0 unspecified atom stereocenters. The molecule has 1 N–H and O–H groups in total. The normalized spacial score (nSPS) is 10.3. The molecular formula is C13H16N4O. The predicted molar refractivity (Wildman–Crippen MR) is 68.1 cm³/mol. The van der Waals surface area contributed by atoms with Gasteiger partial charge in [-0.15, -0.1) is 5.10 Å². The van der Waals surface area contributed by atoms with E-state index in [4.69, 9.17) is 4.74 Å². The number of hydrogen-bond donors (Lipinski definition) is 1. The smallest absolute Gasteiger partial charge is 0.233 e. The Bertz CT molecular complexity index is 481. The fraction of sp³-hybridized carbons (Fsp3) is 0.308. The summed E-state index contributed by atoms with van der Waals surface area (Å²) in [6.45, 7) is 3.41. The van der Waals surface area contributed by atoms with Crippen molar-refractivity contribution in [2.75, 3.05) is 7.11 Å². The average molecular weight is 244 g/mol. The number of pyridine rings is 1. The summed E-state index contributed by atoms with van der Waals surface area (Å²) in [6.07, 6.45) is 1.88. The van der Waals surface area contributed by atoms with Gasteiger partial charge >= 0.3 is 0 Å². The molecule has 0 spiro atoms. The molecule has 0 saturated heterocycles. The molecule has 5 nitrogen and oxygen atoms in total. The monoisotopic (exact) mass is 244 g/mol. The van der Waals surface area contributed by atoms with Gasteiger partial charge in [-0.05, 0) is 24.6 Å². The van der Waals surface area contributed by atoms with Crippen LogP contribution in [0.5, 0.6) is 5.88 Å². The molecule has 5 heteroatoms. The minimum absolute atomic E-state index is 0.529. The van der Waals surface area contributed by atoms with Crippen LogP contribution in [0, 0.1) is 6.92 Å². The lowest BCUT2D eigenvalue weighted by Gasteiger charge is -2.04. The van der Waals surface area contributed by atoms with E-state index in [1.54, 1.807) is 13.2 Å². The Hall–Kier alpha value is -2.01. The number of rotatable bonds is 5. The first-order valence-corrected chi connectivity index (χ1v) is 5.77. The van der Waals surface area contributed by atoms with E-state index < -0.39 is 0 Å². The molecular weight excluding hydrogens is 228 g/mol. The van der Waals surface area contributed by atoms with Crippen molar-refractivity contribution in [2.45, 2.75) is 20.0 Å². The third kappa shape index (κ3) is 3.49. The maximum absolute atomic E-state index is 4.95. The van der Waals surface area contributed by atoms with E-state index in [-0.39, 0.29) is 0 Å². The lowest BCUT2D eigenvalue weighted by atomic mass is 10.2. The average Bonchev–Trinajstić information content (AvgIpc) is 2.42. The third-order valence-corrected chi connectivity index (χ3v) is 2.51. The van der Waals surface area contributed by atoms with Crippen LogP contribution in [0.1, 0.15) is 17.0 Å². The van der Waals surface area contributed by atoms with Crippen molar-refractivity contribution in [2.24, 2.45) is 0 Å². The highest BCUT2D eigenvalue weighted by Gasteiger charge is 1.98. The number of nitrogens with one attached hydrogen (secondary N) is 1. The van der Waals surface area contributed by atoms with Crippen LogP contribution in [0.3, 0.4) is 0 Å². The molecule has 0 saturated carbocycles. The first-order valence-electron chi connectivity index (χ1n) is 5.77. The maximum atomic E-state index is 4.95. The first kappa shape index (κ1) is 12.4. The lowest BCUT2D eigenvalue weighted by molar-refractivity contribution is 0.390. The minimum Gasteiger partial charge on any atom is -0.480 e. The van der Waals surface area contributed by atoms with Crippen molar-refractivity contribution < 1.29 is 4.74 Å².